The number of morpholine rings is 1. The minimum Gasteiger partial charge on any atom is -0.378 e. The van der Waals surface area contributed by atoms with Crippen LogP contribution in [0.2, 0.25) is 0 Å². The van der Waals surface area contributed by atoms with Crippen molar-refractivity contribution in [3.05, 3.63) is 23.1 Å². The summed E-state index contributed by atoms with van der Waals surface area (Å²) in [7, 11) is 1.63. The third-order valence-corrected chi connectivity index (χ3v) is 6.53. The minimum atomic E-state index is -1.38. The van der Waals surface area contributed by atoms with E-state index in [0.717, 1.165) is 19.3 Å². The van der Waals surface area contributed by atoms with Gasteiger partial charge in [0.15, 0.2) is 12.0 Å². The number of hydrogen-bond donors (Lipinski definition) is 3. The topological polar surface area (TPSA) is 128 Å². The number of nitrogens with zero attached hydrogens (tertiary/aromatic N) is 5. The SMILES string of the molecule is CN1CC(F)CNC1C(C(=O)Nc1cncc(F)c1N1CCN2CCOC[C@@H]2C1)C(N)N=O. The van der Waals surface area contributed by atoms with Crippen LogP contribution in [0.3, 0.4) is 0 Å². The molecule has 4 unspecified atom stereocenters. The Bertz CT molecular complexity index is 865. The average molecular weight is 469 g/mol. The van der Waals surface area contributed by atoms with E-state index in [2.05, 4.69) is 25.7 Å². The largest absolute Gasteiger partial charge is 0.378 e. The van der Waals surface area contributed by atoms with Gasteiger partial charge in [-0.05, 0) is 7.05 Å². The van der Waals surface area contributed by atoms with Crippen LogP contribution in [0.1, 0.15) is 0 Å². The number of hydrogen-bond acceptors (Lipinski definition) is 10. The predicted octanol–water partition coefficient (Wildman–Crippen LogP) is -0.453. The number of alkyl halides is 1. The van der Waals surface area contributed by atoms with Crippen LogP contribution in [0, 0.1) is 16.6 Å². The van der Waals surface area contributed by atoms with Gasteiger partial charge in [0.2, 0.25) is 5.91 Å². The number of fused-ring (bicyclic) bond motifs is 1. The summed E-state index contributed by atoms with van der Waals surface area (Å²) < 4.78 is 34.2. The molecule has 0 aromatic carbocycles. The van der Waals surface area contributed by atoms with Crippen LogP contribution in [0.4, 0.5) is 20.2 Å². The summed E-state index contributed by atoms with van der Waals surface area (Å²) in [5.41, 5.74) is 6.27. The maximum Gasteiger partial charge on any atom is 0.234 e. The molecule has 3 aliphatic heterocycles. The Morgan fingerprint density at radius 2 is 2.18 bits per heavy atom. The first-order valence-corrected chi connectivity index (χ1v) is 11.1. The maximum atomic E-state index is 14.9. The number of carbonyl (C=O) groups excluding carboxylic acids is 1. The maximum absolute atomic E-state index is 14.9. The predicted molar refractivity (Wildman–Crippen MR) is 118 cm³/mol. The molecule has 1 aromatic heterocycles. The quantitative estimate of drug-likeness (QED) is 0.476. The monoisotopic (exact) mass is 468 g/mol. The third-order valence-electron chi connectivity index (χ3n) is 6.53. The molecule has 182 valence electrons. The molecule has 0 bridgehead atoms. The zero-order valence-corrected chi connectivity index (χ0v) is 18.5. The van der Waals surface area contributed by atoms with Crippen LogP contribution in [0.15, 0.2) is 17.6 Å². The van der Waals surface area contributed by atoms with Crippen LogP contribution in [0.5, 0.6) is 0 Å². The Kier molecular flexibility index (Phi) is 7.44. The molecule has 33 heavy (non-hydrogen) atoms. The van der Waals surface area contributed by atoms with Crippen molar-refractivity contribution in [1.29, 1.82) is 0 Å². The molecule has 3 aliphatic rings. The van der Waals surface area contributed by atoms with Gasteiger partial charge in [-0.2, -0.15) is 0 Å². The molecule has 4 N–H and O–H groups in total. The van der Waals surface area contributed by atoms with Gasteiger partial charge < -0.3 is 20.7 Å². The van der Waals surface area contributed by atoms with E-state index in [4.69, 9.17) is 10.5 Å². The first kappa shape index (κ1) is 23.8. The molecule has 1 amide bonds. The molecular formula is C20H30F2N8O3. The molecular weight excluding hydrogens is 438 g/mol. The van der Waals surface area contributed by atoms with E-state index < -0.39 is 36.1 Å². The molecule has 0 spiro atoms. The summed E-state index contributed by atoms with van der Waals surface area (Å²) in [6, 6.07) is 0.123. The van der Waals surface area contributed by atoms with Crippen molar-refractivity contribution in [1.82, 2.24) is 20.1 Å². The zero-order valence-electron chi connectivity index (χ0n) is 18.5. The highest BCUT2D eigenvalue weighted by molar-refractivity contribution is 5.96. The van der Waals surface area contributed by atoms with Gasteiger partial charge in [-0.3, -0.25) is 24.9 Å². The summed E-state index contributed by atoms with van der Waals surface area (Å²) >= 11 is 0. The molecule has 0 aliphatic carbocycles. The normalized spacial score (nSPS) is 28.6. The van der Waals surface area contributed by atoms with Crippen molar-refractivity contribution in [2.24, 2.45) is 16.8 Å². The lowest BCUT2D eigenvalue weighted by atomic mass is 9.98. The van der Waals surface area contributed by atoms with Crippen LogP contribution < -0.4 is 21.3 Å². The second-order valence-electron chi connectivity index (χ2n) is 8.73. The molecule has 3 fully saturated rings. The molecule has 3 saturated heterocycles. The minimum absolute atomic E-state index is 0.0187. The zero-order chi connectivity index (χ0) is 23.5. The van der Waals surface area contributed by atoms with Crippen molar-refractivity contribution in [2.45, 2.75) is 24.5 Å². The van der Waals surface area contributed by atoms with Gasteiger partial charge in [0.05, 0.1) is 43.5 Å². The number of anilines is 2. The Morgan fingerprint density at radius 3 is 2.94 bits per heavy atom. The van der Waals surface area contributed by atoms with Gasteiger partial charge in [0.25, 0.3) is 0 Å². The van der Waals surface area contributed by atoms with Crippen molar-refractivity contribution in [2.75, 3.05) is 69.7 Å². The van der Waals surface area contributed by atoms with Crippen molar-refractivity contribution in [3.8, 4) is 0 Å². The fourth-order valence-electron chi connectivity index (χ4n) is 4.85. The number of nitroso groups, excluding NO2 is 1. The smallest absolute Gasteiger partial charge is 0.234 e. The Morgan fingerprint density at radius 1 is 1.36 bits per heavy atom. The number of nitrogens with two attached hydrogens (primary N) is 1. The van der Waals surface area contributed by atoms with E-state index in [0.29, 0.717) is 26.3 Å². The summed E-state index contributed by atoms with van der Waals surface area (Å²) in [5, 5.41) is 8.45. The standard InChI is InChI=1S/C20H30F2N8O3/c1-28-9-12(21)6-25-19(28)16(18(23)27-32)20(31)26-15-8-24-7-14(22)17(15)30-3-2-29-4-5-33-11-13(29)10-30/h7-8,12-13,16,18-19,25H,2-6,9-11,23H2,1H3,(H,26,31)/t12?,13-,16?,18?,19?/m0/s1. The van der Waals surface area contributed by atoms with E-state index in [-0.39, 0.29) is 30.5 Å². The fraction of sp³-hybridized carbons (Fsp3) is 0.700. The summed E-state index contributed by atoms with van der Waals surface area (Å²) in [6.45, 7) is 4.02. The highest BCUT2D eigenvalue weighted by atomic mass is 19.1. The van der Waals surface area contributed by atoms with Crippen molar-refractivity contribution < 1.29 is 18.3 Å². The second-order valence-corrected chi connectivity index (χ2v) is 8.73. The lowest BCUT2D eigenvalue weighted by molar-refractivity contribution is -0.124. The molecule has 1 aromatic rings. The van der Waals surface area contributed by atoms with E-state index >= 15 is 0 Å². The van der Waals surface area contributed by atoms with Crippen LogP contribution in [-0.4, -0.2) is 105 Å². The number of piperazine rings is 1. The average Bonchev–Trinajstić information content (AvgIpc) is 2.80. The molecule has 5 atom stereocenters. The molecule has 0 radical (unpaired) electrons. The molecule has 4 heterocycles. The Balaban J connectivity index is 1.55. The van der Waals surface area contributed by atoms with Crippen molar-refractivity contribution >= 4 is 17.3 Å². The number of aromatic nitrogens is 1. The highest BCUT2D eigenvalue weighted by Gasteiger charge is 2.40. The lowest BCUT2D eigenvalue weighted by Gasteiger charge is -2.45. The number of amides is 1. The van der Waals surface area contributed by atoms with Gasteiger partial charge >= 0.3 is 0 Å². The Hall–Kier alpha value is -2.32. The number of carbonyl (C=O) groups is 1. The van der Waals surface area contributed by atoms with Crippen LogP contribution >= 0.6 is 0 Å². The van der Waals surface area contributed by atoms with Crippen LogP contribution in [-0.2, 0) is 9.53 Å². The first-order valence-electron chi connectivity index (χ1n) is 11.1. The highest BCUT2D eigenvalue weighted by Crippen LogP contribution is 2.31. The number of halogens is 2. The molecule has 0 saturated carbocycles. The van der Waals surface area contributed by atoms with E-state index in [1.54, 1.807) is 11.9 Å². The van der Waals surface area contributed by atoms with Gasteiger partial charge in [0.1, 0.15) is 17.8 Å². The first-order chi connectivity index (χ1) is 15.9. The summed E-state index contributed by atoms with van der Waals surface area (Å²) in [5.74, 6) is -2.32. The lowest BCUT2D eigenvalue weighted by Crippen LogP contribution is -2.62. The van der Waals surface area contributed by atoms with Gasteiger partial charge in [-0.15, -0.1) is 4.91 Å². The number of ether oxygens (including phenoxy) is 1. The summed E-state index contributed by atoms with van der Waals surface area (Å²) in [4.78, 5) is 34.2. The third kappa shape index (κ3) is 5.11. The van der Waals surface area contributed by atoms with E-state index in [9.17, 15) is 18.5 Å². The number of nitrogens with one attached hydrogen (secondary N) is 2. The Labute approximate surface area is 190 Å². The second kappa shape index (κ2) is 10.3. The number of rotatable bonds is 6. The van der Waals surface area contributed by atoms with E-state index in [1.807, 2.05) is 4.90 Å². The molecule has 4 rings (SSSR count). The summed E-state index contributed by atoms with van der Waals surface area (Å²) in [6.07, 6.45) is -0.738. The van der Waals surface area contributed by atoms with Crippen molar-refractivity contribution in [3.63, 3.8) is 0 Å². The molecule has 11 nitrogen and oxygen atoms in total. The van der Waals surface area contributed by atoms with Crippen LogP contribution in [0.25, 0.3) is 0 Å². The number of pyridine rings is 1. The molecule has 13 heteroatoms. The van der Waals surface area contributed by atoms with Gasteiger partial charge in [-0.1, -0.05) is 5.18 Å². The van der Waals surface area contributed by atoms with E-state index in [1.165, 1.54) is 6.20 Å². The van der Waals surface area contributed by atoms with Gasteiger partial charge in [-0.25, -0.2) is 8.78 Å². The van der Waals surface area contributed by atoms with Gasteiger partial charge in [0, 0.05) is 39.3 Å². The fourth-order valence-corrected chi connectivity index (χ4v) is 4.85.